The van der Waals surface area contributed by atoms with Gasteiger partial charge in [-0.05, 0) is 69.1 Å². The van der Waals surface area contributed by atoms with Crippen LogP contribution in [0.5, 0.6) is 17.2 Å². The Morgan fingerprint density at radius 1 is 0.383 bits per heavy atom. The van der Waals surface area contributed by atoms with Gasteiger partial charge in [-0.25, -0.2) is 0 Å². The van der Waals surface area contributed by atoms with Crippen molar-refractivity contribution in [1.29, 1.82) is 0 Å². The van der Waals surface area contributed by atoms with Crippen molar-refractivity contribution >= 4 is 22.1 Å². The van der Waals surface area contributed by atoms with E-state index >= 15 is 0 Å². The number of methoxy groups -OCH3 is 3. The minimum atomic E-state index is -0.264. The number of benzene rings is 8. The van der Waals surface area contributed by atoms with Gasteiger partial charge in [-0.2, -0.15) is 0 Å². The van der Waals surface area contributed by atoms with E-state index in [0.29, 0.717) is 17.2 Å². The Bertz CT molecular complexity index is 2540. The summed E-state index contributed by atoms with van der Waals surface area (Å²) in [6, 6.07) is 62.4. The van der Waals surface area contributed by atoms with Crippen molar-refractivity contribution in [3.63, 3.8) is 0 Å². The van der Waals surface area contributed by atoms with Crippen molar-refractivity contribution < 1.29 is 14.2 Å². The summed E-state index contributed by atoms with van der Waals surface area (Å²) in [5.41, 5.74) is 13.4. The van der Waals surface area contributed by atoms with Gasteiger partial charge in [0.25, 0.3) is 0 Å². The predicted octanol–water partition coefficient (Wildman–Crippen LogP) is 13.2. The number of para-hydroxylation sites is 1. The fourth-order valence-corrected chi connectivity index (χ4v) is 9.60. The van der Waals surface area contributed by atoms with E-state index in [1.165, 1.54) is 33.0 Å². The second-order valence-electron chi connectivity index (χ2n) is 15.6. The largest absolute Gasteiger partial charge is 0.492 e. The average molecular weight is 787 g/mol. The Hall–Kier alpha value is -6.98. The summed E-state index contributed by atoms with van der Waals surface area (Å²) >= 11 is 0. The highest BCUT2D eigenvalue weighted by atomic mass is 16.5. The first kappa shape index (κ1) is 38.5. The van der Waals surface area contributed by atoms with Crippen molar-refractivity contribution in [3.05, 3.63) is 232 Å². The minimum absolute atomic E-state index is 0.135. The third kappa shape index (κ3) is 6.80. The molecule has 298 valence electrons. The monoisotopic (exact) mass is 786 g/mol. The molecule has 2 atom stereocenters. The van der Waals surface area contributed by atoms with E-state index < -0.39 is 0 Å². The van der Waals surface area contributed by atoms with Gasteiger partial charge in [-0.1, -0.05) is 176 Å². The normalized spacial score (nSPS) is 14.4. The van der Waals surface area contributed by atoms with E-state index in [1.54, 1.807) is 21.3 Å². The van der Waals surface area contributed by atoms with Crippen LogP contribution in [0.15, 0.2) is 176 Å². The maximum atomic E-state index is 6.60. The van der Waals surface area contributed by atoms with Gasteiger partial charge in [-0.3, -0.25) is 0 Å². The molecule has 0 bridgehead atoms. The van der Waals surface area contributed by atoms with Crippen LogP contribution in [-0.2, 0) is 0 Å². The van der Waals surface area contributed by atoms with Gasteiger partial charge in [0, 0.05) is 28.7 Å². The van der Waals surface area contributed by atoms with Gasteiger partial charge in [-0.15, -0.1) is 0 Å². The molecule has 8 aromatic carbocycles. The van der Waals surface area contributed by atoms with Crippen LogP contribution in [0.3, 0.4) is 0 Å². The van der Waals surface area contributed by atoms with Crippen LogP contribution < -0.4 is 24.8 Å². The summed E-state index contributed by atoms with van der Waals surface area (Å²) in [4.78, 5) is 0. The van der Waals surface area contributed by atoms with Gasteiger partial charge in [0.2, 0.25) is 5.75 Å². The maximum absolute atomic E-state index is 6.60. The summed E-state index contributed by atoms with van der Waals surface area (Å²) in [5, 5.41) is 10.9. The zero-order valence-corrected chi connectivity index (χ0v) is 34.8. The van der Waals surface area contributed by atoms with Crippen LogP contribution >= 0.6 is 0 Å². The molecule has 1 aliphatic rings. The van der Waals surface area contributed by atoms with E-state index in [9.17, 15) is 0 Å². The summed E-state index contributed by atoms with van der Waals surface area (Å²) < 4.78 is 19.6. The highest BCUT2D eigenvalue weighted by Gasteiger charge is 2.41. The lowest BCUT2D eigenvalue weighted by Gasteiger charge is -2.35. The predicted molar refractivity (Wildman–Crippen MR) is 246 cm³/mol. The van der Waals surface area contributed by atoms with Crippen LogP contribution in [0.2, 0.25) is 0 Å². The van der Waals surface area contributed by atoms with E-state index in [-0.39, 0.29) is 23.9 Å². The fraction of sp³-hybridized carbons (Fsp3) is 0.164. The molecule has 0 aliphatic heterocycles. The molecule has 2 unspecified atom stereocenters. The SMILES string of the molecule is COc1c(OC)c(C(c2ccccc2)c2ccccc2)c(NC2c3cccc4cccc(c34)C2Nc2c(C)cccc2C)c(C(c2ccccc2)c2ccccc2)c1OC. The Morgan fingerprint density at radius 2 is 0.733 bits per heavy atom. The topological polar surface area (TPSA) is 51.8 Å². The first-order valence-corrected chi connectivity index (χ1v) is 20.7. The fourth-order valence-electron chi connectivity index (χ4n) is 9.60. The molecule has 0 spiro atoms. The molecule has 2 N–H and O–H groups in total. The second kappa shape index (κ2) is 16.7. The first-order chi connectivity index (χ1) is 29.5. The third-order valence-electron chi connectivity index (χ3n) is 12.2. The zero-order valence-electron chi connectivity index (χ0n) is 34.8. The molecule has 9 rings (SSSR count). The lowest BCUT2D eigenvalue weighted by atomic mass is 9.77. The van der Waals surface area contributed by atoms with Crippen LogP contribution in [-0.4, -0.2) is 21.3 Å². The van der Waals surface area contributed by atoms with E-state index in [4.69, 9.17) is 14.2 Å². The number of rotatable bonds is 13. The van der Waals surface area contributed by atoms with Gasteiger partial charge in [0.15, 0.2) is 11.5 Å². The average Bonchev–Trinajstić information content (AvgIpc) is 3.59. The molecule has 0 radical (unpaired) electrons. The molecule has 0 heterocycles. The summed E-state index contributed by atoms with van der Waals surface area (Å²) in [6.45, 7) is 4.37. The number of hydrogen-bond acceptors (Lipinski definition) is 5. The molecular weight excluding hydrogens is 737 g/mol. The number of hydrogen-bond donors (Lipinski definition) is 2. The molecule has 60 heavy (non-hydrogen) atoms. The standard InChI is InChI=1S/C55H50N2O3/c1-35-21-18-22-36(2)49(35)56-50-42-33-19-31-41-32-20-34-43(46(41)42)51(50)57-52-47(44(37-23-10-6-11-24-37)38-25-12-7-13-26-38)53(58-3)55(60-5)54(59-4)48(52)45(39-27-14-8-15-28-39)40-29-16-9-17-30-40/h6-34,44-45,50-51,56-57H,1-5H3. The quantitative estimate of drug-likeness (QED) is 0.114. The van der Waals surface area contributed by atoms with Gasteiger partial charge >= 0.3 is 0 Å². The molecule has 5 heteroatoms. The molecule has 0 amide bonds. The van der Waals surface area contributed by atoms with Crippen molar-refractivity contribution in [1.82, 2.24) is 0 Å². The zero-order chi connectivity index (χ0) is 41.2. The van der Waals surface area contributed by atoms with Crippen molar-refractivity contribution in [2.75, 3.05) is 32.0 Å². The smallest absolute Gasteiger partial charge is 0.204 e. The van der Waals surface area contributed by atoms with Crippen LogP contribution in [0.25, 0.3) is 10.8 Å². The summed E-state index contributed by atoms with van der Waals surface area (Å²) in [6.07, 6.45) is 0. The van der Waals surface area contributed by atoms with Crippen molar-refractivity contribution in [2.45, 2.75) is 37.8 Å². The highest BCUT2D eigenvalue weighted by molar-refractivity contribution is 5.94. The molecule has 8 aromatic rings. The van der Waals surface area contributed by atoms with E-state index in [2.05, 4.69) is 200 Å². The van der Waals surface area contributed by atoms with Crippen molar-refractivity contribution in [2.24, 2.45) is 0 Å². The number of nitrogens with one attached hydrogen (secondary N) is 2. The van der Waals surface area contributed by atoms with Crippen molar-refractivity contribution in [3.8, 4) is 17.2 Å². The lowest BCUT2D eigenvalue weighted by Crippen LogP contribution is -2.25. The Labute approximate surface area is 353 Å². The molecular formula is C55H50N2O3. The Balaban J connectivity index is 1.41. The number of ether oxygens (including phenoxy) is 3. The molecule has 1 aliphatic carbocycles. The maximum Gasteiger partial charge on any atom is 0.204 e. The van der Waals surface area contributed by atoms with Gasteiger partial charge in [0.05, 0.1) is 39.1 Å². The van der Waals surface area contributed by atoms with E-state index in [0.717, 1.165) is 44.8 Å². The molecule has 0 aromatic heterocycles. The van der Waals surface area contributed by atoms with Crippen LogP contribution in [0, 0.1) is 13.8 Å². The van der Waals surface area contributed by atoms with Gasteiger partial charge < -0.3 is 24.8 Å². The lowest BCUT2D eigenvalue weighted by molar-refractivity contribution is 0.320. The van der Waals surface area contributed by atoms with E-state index in [1.807, 2.05) is 0 Å². The number of anilines is 2. The highest BCUT2D eigenvalue weighted by Crippen LogP contribution is 2.59. The second-order valence-corrected chi connectivity index (χ2v) is 15.6. The van der Waals surface area contributed by atoms with Gasteiger partial charge in [0.1, 0.15) is 0 Å². The Kier molecular flexibility index (Phi) is 10.7. The van der Waals surface area contributed by atoms with Crippen LogP contribution in [0.1, 0.15) is 79.6 Å². The third-order valence-corrected chi connectivity index (χ3v) is 12.2. The van der Waals surface area contributed by atoms with Crippen LogP contribution in [0.4, 0.5) is 11.4 Å². The molecule has 0 saturated carbocycles. The summed E-state index contributed by atoms with van der Waals surface area (Å²) in [7, 11) is 5.18. The molecule has 5 nitrogen and oxygen atoms in total. The minimum Gasteiger partial charge on any atom is -0.492 e. The molecule has 0 fully saturated rings. The first-order valence-electron chi connectivity index (χ1n) is 20.7. The summed E-state index contributed by atoms with van der Waals surface area (Å²) in [5.74, 6) is 1.25. The Morgan fingerprint density at radius 3 is 1.10 bits per heavy atom. The number of aryl methyl sites for hydroxylation is 2. The molecule has 0 saturated heterocycles.